The predicted octanol–water partition coefficient (Wildman–Crippen LogP) is 8.69. The summed E-state index contributed by atoms with van der Waals surface area (Å²) in [5, 5.41) is 0. The molecular weight excluding hydrogens is 400 g/mol. The van der Waals surface area contributed by atoms with Crippen molar-refractivity contribution in [2.24, 2.45) is 0 Å². The first kappa shape index (κ1) is 22.5. The van der Waals surface area contributed by atoms with Gasteiger partial charge in [0.15, 0.2) is 0 Å². The lowest BCUT2D eigenvalue weighted by Crippen LogP contribution is -2.10. The van der Waals surface area contributed by atoms with Crippen molar-refractivity contribution in [2.75, 3.05) is 0 Å². The lowest BCUT2D eigenvalue weighted by Gasteiger charge is -2.24. The summed E-state index contributed by atoms with van der Waals surface area (Å²) in [5.74, 6) is 0. The van der Waals surface area contributed by atoms with Crippen molar-refractivity contribution < 1.29 is 4.74 Å². The van der Waals surface area contributed by atoms with Gasteiger partial charge in [-0.1, -0.05) is 146 Å². The molecule has 0 saturated carbocycles. The zero-order valence-electron chi connectivity index (χ0n) is 18.8. The van der Waals surface area contributed by atoms with Gasteiger partial charge in [-0.25, -0.2) is 0 Å². The topological polar surface area (TPSA) is 9.23 Å². The van der Waals surface area contributed by atoms with Crippen LogP contribution in [0.25, 0.3) is 12.2 Å². The van der Waals surface area contributed by atoms with Gasteiger partial charge >= 0.3 is 0 Å². The summed E-state index contributed by atoms with van der Waals surface area (Å²) in [6.07, 6.45) is 10.3. The van der Waals surface area contributed by atoms with Crippen LogP contribution in [-0.2, 0) is 4.74 Å². The predicted molar refractivity (Wildman–Crippen MR) is 140 cm³/mol. The minimum Gasteiger partial charge on any atom is -0.365 e. The Morgan fingerprint density at radius 3 is 1.15 bits per heavy atom. The maximum Gasteiger partial charge on any atom is 0.0867 e. The molecule has 0 amide bonds. The average Bonchev–Trinajstić information content (AvgIpc) is 2.89. The molecule has 33 heavy (non-hydrogen) atoms. The van der Waals surface area contributed by atoms with E-state index in [0.717, 1.165) is 12.8 Å². The maximum absolute atomic E-state index is 6.80. The van der Waals surface area contributed by atoms with E-state index in [1.165, 1.54) is 22.3 Å². The Kier molecular flexibility index (Phi) is 8.45. The van der Waals surface area contributed by atoms with Gasteiger partial charge < -0.3 is 4.74 Å². The third-order valence-corrected chi connectivity index (χ3v) is 5.59. The molecule has 0 saturated heterocycles. The molecule has 4 aromatic carbocycles. The van der Waals surface area contributed by atoms with E-state index >= 15 is 0 Å². The molecule has 2 atom stereocenters. The van der Waals surface area contributed by atoms with Gasteiger partial charge in [-0.15, -0.1) is 0 Å². The summed E-state index contributed by atoms with van der Waals surface area (Å²) in [4.78, 5) is 0. The minimum absolute atomic E-state index is 0.0264. The molecule has 1 nitrogen and oxygen atoms in total. The molecule has 0 aliphatic carbocycles. The molecule has 0 spiro atoms. The van der Waals surface area contributed by atoms with E-state index in [1.807, 2.05) is 12.1 Å². The van der Waals surface area contributed by atoms with Crippen molar-refractivity contribution in [3.8, 4) is 0 Å². The first-order chi connectivity index (χ1) is 16.4. The molecule has 164 valence electrons. The number of ether oxygens (including phenoxy) is 1. The fraction of sp³-hybridized carbons (Fsp3) is 0.125. The van der Waals surface area contributed by atoms with Crippen molar-refractivity contribution >= 4 is 12.2 Å². The second-order valence-corrected chi connectivity index (χ2v) is 8.03. The van der Waals surface area contributed by atoms with Crippen molar-refractivity contribution in [2.45, 2.75) is 25.0 Å². The van der Waals surface area contributed by atoms with E-state index in [-0.39, 0.29) is 12.2 Å². The third-order valence-electron chi connectivity index (χ3n) is 5.59. The van der Waals surface area contributed by atoms with Crippen molar-refractivity contribution in [3.63, 3.8) is 0 Å². The smallest absolute Gasteiger partial charge is 0.0867 e. The fourth-order valence-corrected chi connectivity index (χ4v) is 3.86. The number of hydrogen-bond acceptors (Lipinski definition) is 1. The molecular formula is C32H30O. The first-order valence-electron chi connectivity index (χ1n) is 11.6. The van der Waals surface area contributed by atoms with Crippen LogP contribution in [0.2, 0.25) is 0 Å². The van der Waals surface area contributed by atoms with Crippen LogP contribution in [0.3, 0.4) is 0 Å². The summed E-state index contributed by atoms with van der Waals surface area (Å²) < 4.78 is 6.80. The second kappa shape index (κ2) is 12.4. The number of hydrogen-bond donors (Lipinski definition) is 0. The molecule has 4 rings (SSSR count). The molecule has 0 heterocycles. The number of benzene rings is 4. The molecule has 0 aliphatic rings. The highest BCUT2D eigenvalue weighted by atomic mass is 16.5. The van der Waals surface area contributed by atoms with Gasteiger partial charge in [0.2, 0.25) is 0 Å². The van der Waals surface area contributed by atoms with E-state index in [9.17, 15) is 0 Å². The molecule has 0 N–H and O–H groups in total. The van der Waals surface area contributed by atoms with Crippen LogP contribution in [0.1, 0.15) is 47.3 Å². The van der Waals surface area contributed by atoms with Crippen LogP contribution < -0.4 is 0 Å². The molecule has 0 aliphatic heterocycles. The Hall–Kier alpha value is -3.68. The average molecular weight is 431 g/mol. The number of rotatable bonds is 10. The lowest BCUT2D eigenvalue weighted by atomic mass is 10.0. The third kappa shape index (κ3) is 7.17. The Morgan fingerprint density at radius 1 is 0.455 bits per heavy atom. The molecule has 4 aromatic rings. The van der Waals surface area contributed by atoms with Gasteiger partial charge in [-0.2, -0.15) is 0 Å². The van der Waals surface area contributed by atoms with Gasteiger partial charge in [0, 0.05) is 0 Å². The van der Waals surface area contributed by atoms with Crippen molar-refractivity contribution in [3.05, 3.63) is 156 Å². The molecule has 0 radical (unpaired) electrons. The Bertz CT molecular complexity index is 1020. The van der Waals surface area contributed by atoms with Gasteiger partial charge in [-0.3, -0.25) is 0 Å². The van der Waals surface area contributed by atoms with Gasteiger partial charge in [0.25, 0.3) is 0 Å². The van der Waals surface area contributed by atoms with Gasteiger partial charge in [0.05, 0.1) is 12.2 Å². The van der Waals surface area contributed by atoms with Crippen LogP contribution in [0.15, 0.2) is 133 Å². The van der Waals surface area contributed by atoms with Crippen molar-refractivity contribution in [1.82, 2.24) is 0 Å². The lowest BCUT2D eigenvalue weighted by molar-refractivity contribution is -0.0119. The Labute approximate surface area is 197 Å². The van der Waals surface area contributed by atoms with E-state index in [0.29, 0.717) is 0 Å². The normalized spacial score (nSPS) is 13.3. The van der Waals surface area contributed by atoms with E-state index in [1.54, 1.807) is 0 Å². The maximum atomic E-state index is 6.80. The van der Waals surface area contributed by atoms with Gasteiger partial charge in [-0.05, 0) is 35.1 Å². The largest absolute Gasteiger partial charge is 0.365 e. The highest BCUT2D eigenvalue weighted by molar-refractivity contribution is 5.49. The summed E-state index contributed by atoms with van der Waals surface area (Å²) in [7, 11) is 0. The van der Waals surface area contributed by atoms with Crippen molar-refractivity contribution in [1.29, 1.82) is 0 Å². The summed E-state index contributed by atoms with van der Waals surface area (Å²) in [6.45, 7) is 0. The van der Waals surface area contributed by atoms with Crippen LogP contribution in [0.5, 0.6) is 0 Å². The minimum atomic E-state index is -0.0264. The molecule has 0 aromatic heterocycles. The van der Waals surface area contributed by atoms with Crippen LogP contribution in [0, 0.1) is 0 Å². The monoisotopic (exact) mass is 430 g/mol. The Balaban J connectivity index is 1.54. The molecule has 1 heteroatoms. The fourth-order valence-electron chi connectivity index (χ4n) is 3.86. The first-order valence-corrected chi connectivity index (χ1v) is 11.6. The highest BCUT2D eigenvalue weighted by Gasteiger charge is 2.18. The van der Waals surface area contributed by atoms with Crippen LogP contribution in [0.4, 0.5) is 0 Å². The van der Waals surface area contributed by atoms with Crippen LogP contribution >= 0.6 is 0 Å². The van der Waals surface area contributed by atoms with E-state index in [4.69, 9.17) is 4.74 Å². The van der Waals surface area contributed by atoms with Gasteiger partial charge in [0.1, 0.15) is 0 Å². The van der Waals surface area contributed by atoms with E-state index < -0.39 is 0 Å². The quantitative estimate of drug-likeness (QED) is 0.244. The highest BCUT2D eigenvalue weighted by Crippen LogP contribution is 2.32. The second-order valence-electron chi connectivity index (χ2n) is 8.03. The molecule has 0 fully saturated rings. The van der Waals surface area contributed by atoms with Crippen LogP contribution in [-0.4, -0.2) is 0 Å². The SMILES string of the molecule is C(=Cc1ccccc1)CC(OC(CC=Cc1ccccc1)c1ccccc1)c1ccccc1. The molecule has 2 unspecified atom stereocenters. The summed E-state index contributed by atoms with van der Waals surface area (Å²) >= 11 is 0. The zero-order valence-corrected chi connectivity index (χ0v) is 18.8. The molecule has 0 bridgehead atoms. The zero-order chi connectivity index (χ0) is 22.6. The summed E-state index contributed by atoms with van der Waals surface area (Å²) in [6, 6.07) is 41.9. The summed E-state index contributed by atoms with van der Waals surface area (Å²) in [5.41, 5.74) is 4.80. The van der Waals surface area contributed by atoms with E-state index in [2.05, 4.69) is 133 Å². The standard InChI is InChI=1S/C32H30O/c1-5-15-27(16-6-1)19-13-25-31(29-21-9-3-10-22-29)33-32(30-23-11-4-12-24-30)26-14-20-28-17-7-2-8-18-28/h1-24,31-32H,25-26H2. The Morgan fingerprint density at radius 2 is 0.788 bits per heavy atom.